The second kappa shape index (κ2) is 7.65. The van der Waals surface area contributed by atoms with Gasteiger partial charge in [-0.1, -0.05) is 42.5 Å². The number of nitrogens with zero attached hydrogens (tertiary/aromatic N) is 1. The van der Waals surface area contributed by atoms with Gasteiger partial charge in [0.25, 0.3) is 0 Å². The van der Waals surface area contributed by atoms with E-state index in [2.05, 4.69) is 53.2 Å². The molecule has 0 bridgehead atoms. The Morgan fingerprint density at radius 3 is 2.26 bits per heavy atom. The normalized spacial score (nSPS) is 10.1. The number of hydrogen-bond donors (Lipinski definition) is 0. The molecule has 0 N–H and O–H groups in total. The summed E-state index contributed by atoms with van der Waals surface area (Å²) >= 11 is 1.71. The van der Waals surface area contributed by atoms with E-state index in [1.807, 2.05) is 35.0 Å². The van der Waals surface area contributed by atoms with Crippen LogP contribution in [0.3, 0.4) is 0 Å². The zero-order valence-corrected chi connectivity index (χ0v) is 13.9. The van der Waals surface area contributed by atoms with E-state index in [0.717, 1.165) is 12.3 Å². The van der Waals surface area contributed by atoms with Gasteiger partial charge in [0.15, 0.2) is 0 Å². The predicted molar refractivity (Wildman–Crippen MR) is 98.4 cm³/mol. The summed E-state index contributed by atoms with van der Waals surface area (Å²) in [6.07, 6.45) is 2.13. The van der Waals surface area contributed by atoms with Gasteiger partial charge in [-0.3, -0.25) is 0 Å². The van der Waals surface area contributed by atoms with Crippen LogP contribution in [0.2, 0.25) is 0 Å². The van der Waals surface area contributed by atoms with Crippen LogP contribution in [0.25, 0.3) is 10.9 Å². The lowest BCUT2D eigenvalue weighted by Crippen LogP contribution is -1.97. The van der Waals surface area contributed by atoms with Gasteiger partial charge < -0.3 is 9.30 Å². The molecule has 0 radical (unpaired) electrons. The number of aromatic nitrogens is 1. The minimum atomic E-state index is 0.886. The van der Waals surface area contributed by atoms with Crippen molar-refractivity contribution in [1.82, 2.24) is 4.57 Å². The Morgan fingerprint density at radius 1 is 0.870 bits per heavy atom. The van der Waals surface area contributed by atoms with Crippen LogP contribution in [0.4, 0.5) is 0 Å². The Kier molecular flexibility index (Phi) is 5.12. The van der Waals surface area contributed by atoms with E-state index in [4.69, 9.17) is 4.74 Å². The summed E-state index contributed by atoms with van der Waals surface area (Å²) in [5, 5.41) is 5.37. The van der Waals surface area contributed by atoms with Crippen molar-refractivity contribution < 1.29 is 4.74 Å². The third kappa shape index (κ3) is 4.02. The fourth-order valence-electron chi connectivity index (χ4n) is 2.43. The number of fused-ring (bicyclic) bond motifs is 1. The first-order valence-electron chi connectivity index (χ1n) is 7.51. The number of benzene rings is 2. The van der Waals surface area contributed by atoms with Crippen molar-refractivity contribution in [2.24, 2.45) is 0 Å². The van der Waals surface area contributed by atoms with Gasteiger partial charge in [-0.25, -0.2) is 0 Å². The number of ether oxygens (including phenoxy) is 1. The molecule has 2 heterocycles. The molecule has 0 saturated heterocycles. The SMILES string of the molecule is COc1ccc(Cn2ccc3ccccc32)cc1.c1ccsc1. The third-order valence-electron chi connectivity index (χ3n) is 3.62. The van der Waals surface area contributed by atoms with Crippen LogP contribution >= 0.6 is 11.3 Å². The van der Waals surface area contributed by atoms with E-state index in [9.17, 15) is 0 Å². The van der Waals surface area contributed by atoms with Gasteiger partial charge in [-0.2, -0.15) is 11.3 Å². The smallest absolute Gasteiger partial charge is 0.118 e. The van der Waals surface area contributed by atoms with E-state index in [0.29, 0.717) is 0 Å². The van der Waals surface area contributed by atoms with E-state index in [1.165, 1.54) is 16.5 Å². The molecule has 0 amide bonds. The molecule has 0 aliphatic rings. The van der Waals surface area contributed by atoms with E-state index in [1.54, 1.807) is 18.4 Å². The van der Waals surface area contributed by atoms with Crippen molar-refractivity contribution in [1.29, 1.82) is 0 Å². The van der Waals surface area contributed by atoms with Crippen LogP contribution in [0.15, 0.2) is 83.7 Å². The van der Waals surface area contributed by atoms with Crippen molar-refractivity contribution >= 4 is 22.2 Å². The summed E-state index contributed by atoms with van der Waals surface area (Å²) in [5.74, 6) is 0.899. The summed E-state index contributed by atoms with van der Waals surface area (Å²) in [4.78, 5) is 0. The zero-order chi connectivity index (χ0) is 15.9. The Labute approximate surface area is 140 Å². The molecule has 0 unspecified atom stereocenters. The second-order valence-electron chi connectivity index (χ2n) is 5.14. The highest BCUT2D eigenvalue weighted by Crippen LogP contribution is 2.18. The lowest BCUT2D eigenvalue weighted by molar-refractivity contribution is 0.414. The summed E-state index contributed by atoms with van der Waals surface area (Å²) in [5.41, 5.74) is 2.55. The topological polar surface area (TPSA) is 14.2 Å². The highest BCUT2D eigenvalue weighted by Gasteiger charge is 2.01. The molecular weight excluding hydrogens is 302 g/mol. The minimum absolute atomic E-state index is 0.886. The average molecular weight is 321 g/mol. The maximum absolute atomic E-state index is 5.17. The molecule has 0 aliphatic heterocycles. The van der Waals surface area contributed by atoms with Gasteiger partial charge in [-0.15, -0.1) is 0 Å². The maximum Gasteiger partial charge on any atom is 0.118 e. The van der Waals surface area contributed by atoms with Crippen molar-refractivity contribution in [2.75, 3.05) is 7.11 Å². The summed E-state index contributed by atoms with van der Waals surface area (Å²) in [6, 6.07) is 22.8. The monoisotopic (exact) mass is 321 g/mol. The molecule has 2 nitrogen and oxygen atoms in total. The molecule has 2 aromatic heterocycles. The van der Waals surface area contributed by atoms with E-state index >= 15 is 0 Å². The van der Waals surface area contributed by atoms with Crippen LogP contribution in [0.1, 0.15) is 5.56 Å². The molecular formula is C20H19NOS. The van der Waals surface area contributed by atoms with Gasteiger partial charge in [0, 0.05) is 18.3 Å². The molecule has 4 rings (SSSR count). The van der Waals surface area contributed by atoms with Crippen molar-refractivity contribution in [3.63, 3.8) is 0 Å². The van der Waals surface area contributed by atoms with Crippen molar-refractivity contribution in [2.45, 2.75) is 6.54 Å². The summed E-state index contributed by atoms with van der Waals surface area (Å²) in [6.45, 7) is 0.886. The Bertz CT molecular complexity index is 814. The lowest BCUT2D eigenvalue weighted by atomic mass is 10.2. The minimum Gasteiger partial charge on any atom is -0.497 e. The number of hydrogen-bond acceptors (Lipinski definition) is 2. The fourth-order valence-corrected chi connectivity index (χ4v) is 2.89. The van der Waals surface area contributed by atoms with Gasteiger partial charge in [-0.05, 0) is 46.0 Å². The maximum atomic E-state index is 5.17. The molecule has 0 aliphatic carbocycles. The highest BCUT2D eigenvalue weighted by atomic mass is 32.1. The predicted octanol–water partition coefficient (Wildman–Crippen LogP) is 5.45. The van der Waals surface area contributed by atoms with Gasteiger partial charge in [0.2, 0.25) is 0 Å². The van der Waals surface area contributed by atoms with Crippen LogP contribution < -0.4 is 4.74 Å². The largest absolute Gasteiger partial charge is 0.497 e. The number of methoxy groups -OCH3 is 1. The van der Waals surface area contributed by atoms with Crippen LogP contribution in [0, 0.1) is 0 Å². The first-order valence-corrected chi connectivity index (χ1v) is 8.45. The molecule has 0 fully saturated rings. The van der Waals surface area contributed by atoms with Gasteiger partial charge >= 0.3 is 0 Å². The fraction of sp³-hybridized carbons (Fsp3) is 0.100. The molecule has 23 heavy (non-hydrogen) atoms. The Hall–Kier alpha value is -2.52. The third-order valence-corrected chi connectivity index (χ3v) is 4.25. The Balaban J connectivity index is 0.000000267. The number of rotatable bonds is 3. The standard InChI is InChI=1S/C16H15NO.C4H4S/c1-18-15-8-6-13(7-9-15)12-17-11-10-14-4-2-3-5-16(14)17;1-2-4-5-3-1/h2-11H,12H2,1H3;1-4H. The molecule has 4 aromatic rings. The molecule has 3 heteroatoms. The van der Waals surface area contributed by atoms with Crippen LogP contribution in [-0.2, 0) is 6.54 Å². The zero-order valence-electron chi connectivity index (χ0n) is 13.1. The Morgan fingerprint density at radius 2 is 1.61 bits per heavy atom. The molecule has 0 atom stereocenters. The number of thiophene rings is 1. The van der Waals surface area contributed by atoms with E-state index in [-0.39, 0.29) is 0 Å². The van der Waals surface area contributed by atoms with Crippen LogP contribution in [0.5, 0.6) is 5.75 Å². The molecule has 0 saturated carbocycles. The summed E-state index contributed by atoms with van der Waals surface area (Å²) in [7, 11) is 1.69. The van der Waals surface area contributed by atoms with Crippen molar-refractivity contribution in [3.05, 3.63) is 89.3 Å². The quantitative estimate of drug-likeness (QED) is 0.489. The first kappa shape index (κ1) is 15.4. The molecule has 0 spiro atoms. The highest BCUT2D eigenvalue weighted by molar-refractivity contribution is 7.07. The second-order valence-corrected chi connectivity index (χ2v) is 5.96. The van der Waals surface area contributed by atoms with E-state index < -0.39 is 0 Å². The molecule has 2 aromatic carbocycles. The first-order chi connectivity index (χ1) is 11.4. The van der Waals surface area contributed by atoms with Gasteiger partial charge in [0.05, 0.1) is 7.11 Å². The summed E-state index contributed by atoms with van der Waals surface area (Å²) < 4.78 is 7.43. The van der Waals surface area contributed by atoms with Crippen LogP contribution in [-0.4, -0.2) is 11.7 Å². The van der Waals surface area contributed by atoms with Crippen molar-refractivity contribution in [3.8, 4) is 5.75 Å². The number of para-hydroxylation sites is 1. The van der Waals surface area contributed by atoms with Gasteiger partial charge in [0.1, 0.15) is 5.75 Å². The molecule has 116 valence electrons. The average Bonchev–Trinajstić information content (AvgIpc) is 3.29. The lowest BCUT2D eigenvalue weighted by Gasteiger charge is -2.06.